The molecule has 2 aliphatic heterocycles. The van der Waals surface area contributed by atoms with E-state index in [0.29, 0.717) is 18.0 Å². The third kappa shape index (κ3) is 4.03. The molecule has 0 saturated carbocycles. The zero-order valence-electron chi connectivity index (χ0n) is 17.2. The summed E-state index contributed by atoms with van der Waals surface area (Å²) in [6.45, 7) is 4.42. The van der Waals surface area contributed by atoms with Crippen molar-refractivity contribution in [2.24, 2.45) is 0 Å². The van der Waals surface area contributed by atoms with Gasteiger partial charge in [0.05, 0.1) is 12.3 Å². The van der Waals surface area contributed by atoms with E-state index in [0.717, 1.165) is 24.1 Å². The monoisotopic (exact) mass is 439 g/mol. The summed E-state index contributed by atoms with van der Waals surface area (Å²) in [7, 11) is 0. The number of halogens is 1. The minimum absolute atomic E-state index is 0.0190. The van der Waals surface area contributed by atoms with Crippen molar-refractivity contribution in [3.05, 3.63) is 65.6 Å². The van der Waals surface area contributed by atoms with Crippen molar-refractivity contribution in [3.8, 4) is 5.75 Å². The number of thiocarbonyl (C=S) groups is 1. The van der Waals surface area contributed by atoms with Gasteiger partial charge in [-0.25, -0.2) is 4.39 Å². The molecule has 1 saturated heterocycles. The zero-order chi connectivity index (χ0) is 22.1. The highest BCUT2D eigenvalue weighted by Gasteiger charge is 2.36. The molecule has 0 radical (unpaired) electrons. The number of nitrogens with zero attached hydrogens (tertiary/aromatic N) is 2. The Bertz CT molecular complexity index is 1080. The van der Waals surface area contributed by atoms with Gasteiger partial charge >= 0.3 is 0 Å². The number of rotatable bonds is 4. The molecule has 2 aliphatic rings. The summed E-state index contributed by atoms with van der Waals surface area (Å²) in [5, 5.41) is 2.62. The van der Waals surface area contributed by atoms with Crippen molar-refractivity contribution in [2.45, 2.75) is 32.7 Å². The van der Waals surface area contributed by atoms with Crippen molar-refractivity contribution >= 4 is 40.5 Å². The van der Waals surface area contributed by atoms with Crippen LogP contribution in [0.15, 0.2) is 54.2 Å². The Labute approximate surface area is 185 Å². The summed E-state index contributed by atoms with van der Waals surface area (Å²) in [5.74, 6) is -0.704. The van der Waals surface area contributed by atoms with E-state index in [4.69, 9.17) is 17.0 Å². The Morgan fingerprint density at radius 1 is 1.23 bits per heavy atom. The number of hydrogen-bond donors (Lipinski definition) is 1. The number of aryl methyl sites for hydroxylation is 1. The molecule has 2 aromatic carbocycles. The molecule has 1 atom stereocenters. The maximum absolute atomic E-state index is 13.7. The summed E-state index contributed by atoms with van der Waals surface area (Å²) in [4.78, 5) is 29.1. The highest BCUT2D eigenvalue weighted by molar-refractivity contribution is 7.80. The van der Waals surface area contributed by atoms with Crippen molar-refractivity contribution in [2.75, 3.05) is 16.4 Å². The number of nitrogens with one attached hydrogen (secondary N) is 1. The highest BCUT2D eigenvalue weighted by atomic mass is 32.1. The molecule has 8 heteroatoms. The topological polar surface area (TPSA) is 61.9 Å². The first-order valence-electron chi connectivity index (χ1n) is 10.1. The molecular weight excluding hydrogens is 417 g/mol. The standard InChI is InChI=1S/C23H22FN3O3S/c1-3-30-18-9-7-17(8-10-18)27-22(29)19(21(28)25-23(27)31)13-26-14(2)4-5-15-12-16(24)6-11-20(15)26/h6-14H,3-5H2,1-2H3,(H,25,28,31)/b19-13-/t14-/m0/s1. The van der Waals surface area contributed by atoms with Crippen LogP contribution in [0, 0.1) is 5.82 Å². The molecule has 1 N–H and O–H groups in total. The molecule has 4 rings (SSSR count). The Hall–Kier alpha value is -3.26. The Kier molecular flexibility index (Phi) is 5.73. The molecule has 160 valence electrons. The number of anilines is 2. The van der Waals surface area contributed by atoms with E-state index < -0.39 is 11.8 Å². The van der Waals surface area contributed by atoms with Gasteiger partial charge in [0, 0.05) is 17.9 Å². The van der Waals surface area contributed by atoms with Gasteiger partial charge in [-0.3, -0.25) is 19.8 Å². The lowest BCUT2D eigenvalue weighted by atomic mass is 9.96. The average molecular weight is 440 g/mol. The summed E-state index contributed by atoms with van der Waals surface area (Å²) >= 11 is 5.26. The van der Waals surface area contributed by atoms with Gasteiger partial charge in [-0.05, 0) is 86.9 Å². The second kappa shape index (κ2) is 8.47. The minimum atomic E-state index is -0.557. The van der Waals surface area contributed by atoms with E-state index in [9.17, 15) is 14.0 Å². The lowest BCUT2D eigenvalue weighted by Crippen LogP contribution is -2.55. The Balaban J connectivity index is 1.70. The van der Waals surface area contributed by atoms with Crippen LogP contribution in [-0.2, 0) is 16.0 Å². The van der Waals surface area contributed by atoms with Crippen LogP contribution in [0.1, 0.15) is 25.8 Å². The first-order valence-corrected chi connectivity index (χ1v) is 10.5. The van der Waals surface area contributed by atoms with Crippen molar-refractivity contribution < 1.29 is 18.7 Å². The average Bonchev–Trinajstić information content (AvgIpc) is 2.73. The molecule has 0 bridgehead atoms. The predicted molar refractivity (Wildman–Crippen MR) is 121 cm³/mol. The molecule has 2 heterocycles. The van der Waals surface area contributed by atoms with Gasteiger partial charge in [0.15, 0.2) is 5.11 Å². The number of benzene rings is 2. The number of carbonyl (C=O) groups is 2. The normalized spacial score (nSPS) is 20.0. The molecule has 1 fully saturated rings. The van der Waals surface area contributed by atoms with E-state index >= 15 is 0 Å². The Morgan fingerprint density at radius 3 is 2.68 bits per heavy atom. The fourth-order valence-electron chi connectivity index (χ4n) is 3.82. The lowest BCUT2D eigenvalue weighted by molar-refractivity contribution is -0.122. The van der Waals surface area contributed by atoms with Crippen LogP contribution in [0.2, 0.25) is 0 Å². The lowest BCUT2D eigenvalue weighted by Gasteiger charge is -2.36. The number of carbonyl (C=O) groups excluding carboxylic acids is 2. The quantitative estimate of drug-likeness (QED) is 0.447. The molecule has 2 amide bonds. The van der Waals surface area contributed by atoms with Crippen LogP contribution in [0.3, 0.4) is 0 Å². The minimum Gasteiger partial charge on any atom is -0.494 e. The SMILES string of the molecule is CCOc1ccc(N2C(=O)/C(=C\N3c4ccc(F)cc4CC[C@@H]3C)C(=O)NC2=S)cc1. The molecule has 0 spiro atoms. The predicted octanol–water partition coefficient (Wildman–Crippen LogP) is 3.70. The van der Waals surface area contributed by atoms with Crippen LogP contribution in [-0.4, -0.2) is 29.6 Å². The molecular formula is C23H22FN3O3S. The fraction of sp³-hybridized carbons (Fsp3) is 0.261. The third-order valence-electron chi connectivity index (χ3n) is 5.40. The van der Waals surface area contributed by atoms with Crippen LogP contribution >= 0.6 is 12.2 Å². The zero-order valence-corrected chi connectivity index (χ0v) is 18.0. The van der Waals surface area contributed by atoms with Crippen molar-refractivity contribution in [1.29, 1.82) is 0 Å². The number of hydrogen-bond acceptors (Lipinski definition) is 5. The van der Waals surface area contributed by atoms with Gasteiger partial charge in [0.1, 0.15) is 17.1 Å². The summed E-state index contributed by atoms with van der Waals surface area (Å²) in [6, 6.07) is 11.5. The van der Waals surface area contributed by atoms with Gasteiger partial charge in [0.25, 0.3) is 11.8 Å². The van der Waals surface area contributed by atoms with Crippen LogP contribution in [0.5, 0.6) is 5.75 Å². The van der Waals surface area contributed by atoms with Gasteiger partial charge < -0.3 is 9.64 Å². The van der Waals surface area contributed by atoms with Crippen molar-refractivity contribution in [3.63, 3.8) is 0 Å². The van der Waals surface area contributed by atoms with Gasteiger partial charge in [-0.1, -0.05) is 0 Å². The maximum atomic E-state index is 13.7. The molecule has 0 unspecified atom stereocenters. The highest BCUT2D eigenvalue weighted by Crippen LogP contribution is 2.33. The Morgan fingerprint density at radius 2 is 1.97 bits per heavy atom. The van der Waals surface area contributed by atoms with Crippen LogP contribution in [0.25, 0.3) is 0 Å². The van der Waals surface area contributed by atoms with E-state index in [1.54, 1.807) is 36.5 Å². The van der Waals surface area contributed by atoms with E-state index in [1.807, 2.05) is 18.7 Å². The molecule has 2 aromatic rings. The number of ether oxygens (including phenoxy) is 1. The molecule has 0 aromatic heterocycles. The second-order valence-corrected chi connectivity index (χ2v) is 7.82. The van der Waals surface area contributed by atoms with Crippen LogP contribution < -0.4 is 19.9 Å². The largest absolute Gasteiger partial charge is 0.494 e. The van der Waals surface area contributed by atoms with Gasteiger partial charge in [-0.2, -0.15) is 0 Å². The van der Waals surface area contributed by atoms with Gasteiger partial charge in [0.2, 0.25) is 0 Å². The molecule has 31 heavy (non-hydrogen) atoms. The van der Waals surface area contributed by atoms with Crippen LogP contribution in [0.4, 0.5) is 15.8 Å². The molecule has 6 nitrogen and oxygen atoms in total. The number of amides is 2. The van der Waals surface area contributed by atoms with E-state index in [1.165, 1.54) is 17.0 Å². The molecule has 0 aliphatic carbocycles. The van der Waals surface area contributed by atoms with Gasteiger partial charge in [-0.15, -0.1) is 0 Å². The summed E-state index contributed by atoms with van der Waals surface area (Å²) < 4.78 is 19.1. The summed E-state index contributed by atoms with van der Waals surface area (Å²) in [6.07, 6.45) is 3.05. The second-order valence-electron chi connectivity index (χ2n) is 7.44. The third-order valence-corrected chi connectivity index (χ3v) is 5.69. The van der Waals surface area contributed by atoms with E-state index in [2.05, 4.69) is 5.32 Å². The maximum Gasteiger partial charge on any atom is 0.271 e. The van der Waals surface area contributed by atoms with Crippen molar-refractivity contribution in [1.82, 2.24) is 5.32 Å². The first kappa shape index (κ1) is 21.0. The summed E-state index contributed by atoms with van der Waals surface area (Å²) in [5.41, 5.74) is 2.12. The van der Waals surface area contributed by atoms with E-state index in [-0.39, 0.29) is 22.5 Å². The smallest absolute Gasteiger partial charge is 0.271 e. The number of fused-ring (bicyclic) bond motifs is 1. The fourth-order valence-corrected chi connectivity index (χ4v) is 4.10. The first-order chi connectivity index (χ1) is 14.9.